The molecule has 2 aromatic rings. The fourth-order valence-electron chi connectivity index (χ4n) is 2.19. The van der Waals surface area contributed by atoms with Gasteiger partial charge in [-0.1, -0.05) is 12.1 Å². The van der Waals surface area contributed by atoms with E-state index in [-0.39, 0.29) is 18.9 Å². The summed E-state index contributed by atoms with van der Waals surface area (Å²) in [6.07, 6.45) is 0. The normalized spacial score (nSPS) is 11.1. The Morgan fingerprint density at radius 3 is 2.77 bits per heavy atom. The van der Waals surface area contributed by atoms with Crippen LogP contribution in [0.5, 0.6) is 0 Å². The van der Waals surface area contributed by atoms with Crippen molar-refractivity contribution in [1.29, 1.82) is 0 Å². The molecular weight excluding hydrogens is 359 g/mol. The number of halogens is 1. The zero-order valence-electron chi connectivity index (χ0n) is 14.7. The van der Waals surface area contributed by atoms with E-state index in [1.54, 1.807) is 24.6 Å². The maximum atomic E-state index is 13.1. The first-order valence-electron chi connectivity index (χ1n) is 7.87. The molecule has 26 heavy (non-hydrogen) atoms. The van der Waals surface area contributed by atoms with Crippen LogP contribution in [0.1, 0.15) is 25.1 Å². The van der Waals surface area contributed by atoms with Crippen LogP contribution in [0.25, 0.3) is 0 Å². The molecule has 3 N–H and O–H groups in total. The quantitative estimate of drug-likeness (QED) is 0.717. The summed E-state index contributed by atoms with van der Waals surface area (Å²) in [4.78, 5) is 29.4. The summed E-state index contributed by atoms with van der Waals surface area (Å²) < 4.78 is 13.1. The van der Waals surface area contributed by atoms with E-state index in [1.807, 2.05) is 0 Å². The molecule has 2 rings (SSSR count). The Labute approximate surface area is 154 Å². The highest BCUT2D eigenvalue weighted by molar-refractivity contribution is 7.13. The molecule has 0 aliphatic heterocycles. The fraction of sp³-hybridized carbons (Fsp3) is 0.353. The Morgan fingerprint density at radius 1 is 1.38 bits per heavy atom. The van der Waals surface area contributed by atoms with Gasteiger partial charge in [0, 0.05) is 19.0 Å². The molecule has 9 heteroatoms. The summed E-state index contributed by atoms with van der Waals surface area (Å²) in [6.45, 7) is 3.24. The van der Waals surface area contributed by atoms with Crippen molar-refractivity contribution in [3.63, 3.8) is 0 Å². The van der Waals surface area contributed by atoms with Crippen LogP contribution in [0.2, 0.25) is 0 Å². The average molecular weight is 380 g/mol. The molecule has 0 atom stereocenters. The van der Waals surface area contributed by atoms with E-state index in [0.29, 0.717) is 16.4 Å². The van der Waals surface area contributed by atoms with Gasteiger partial charge in [0.1, 0.15) is 11.4 Å². The summed E-state index contributed by atoms with van der Waals surface area (Å²) in [5.41, 5.74) is -0.217. The van der Waals surface area contributed by atoms with E-state index in [9.17, 15) is 19.1 Å². The van der Waals surface area contributed by atoms with Crippen molar-refractivity contribution in [2.75, 3.05) is 12.4 Å². The zero-order valence-corrected chi connectivity index (χ0v) is 15.6. The molecule has 0 bridgehead atoms. The molecular formula is C17H21FN4O3S. The van der Waals surface area contributed by atoms with E-state index in [4.69, 9.17) is 0 Å². The van der Waals surface area contributed by atoms with Crippen molar-refractivity contribution >= 4 is 28.4 Å². The van der Waals surface area contributed by atoms with Crippen LogP contribution in [-0.2, 0) is 17.9 Å². The number of aromatic nitrogens is 1. The van der Waals surface area contributed by atoms with Crippen molar-refractivity contribution in [2.45, 2.75) is 32.5 Å². The van der Waals surface area contributed by atoms with Gasteiger partial charge in [-0.25, -0.2) is 14.2 Å². The maximum absolute atomic E-state index is 13.1. The third-order valence-corrected chi connectivity index (χ3v) is 4.19. The molecule has 1 aromatic heterocycles. The van der Waals surface area contributed by atoms with E-state index in [2.05, 4.69) is 15.6 Å². The second-order valence-electron chi connectivity index (χ2n) is 6.30. The van der Waals surface area contributed by atoms with Crippen molar-refractivity contribution in [1.82, 2.24) is 15.2 Å². The second-order valence-corrected chi connectivity index (χ2v) is 7.16. The topological polar surface area (TPSA) is 94.6 Å². The molecule has 7 nitrogen and oxygen atoms in total. The van der Waals surface area contributed by atoms with Gasteiger partial charge in [-0.15, -0.1) is 11.3 Å². The lowest BCUT2D eigenvalue weighted by atomic mass is 10.1. The number of benzene rings is 1. The smallest absolute Gasteiger partial charge is 0.321 e. The van der Waals surface area contributed by atoms with Crippen LogP contribution in [0.3, 0.4) is 0 Å². The van der Waals surface area contributed by atoms with Gasteiger partial charge >= 0.3 is 6.03 Å². The highest BCUT2D eigenvalue weighted by atomic mass is 32.1. The van der Waals surface area contributed by atoms with Gasteiger partial charge in [-0.3, -0.25) is 10.1 Å². The predicted molar refractivity (Wildman–Crippen MR) is 97.1 cm³/mol. The molecule has 0 radical (unpaired) electrons. The van der Waals surface area contributed by atoms with Gasteiger partial charge < -0.3 is 15.3 Å². The molecule has 0 aliphatic rings. The average Bonchev–Trinajstić information content (AvgIpc) is 2.98. The number of nitrogens with one attached hydrogen (secondary N) is 2. The number of carbonyl (C=O) groups excluding carboxylic acids is 2. The Morgan fingerprint density at radius 2 is 2.12 bits per heavy atom. The number of thiazole rings is 1. The third-order valence-electron chi connectivity index (χ3n) is 3.38. The Hall–Kier alpha value is -2.52. The number of likely N-dealkylation sites (N-methyl/N-ethyl adjacent to an activating group) is 1. The lowest BCUT2D eigenvalue weighted by molar-refractivity contribution is -0.147. The summed E-state index contributed by atoms with van der Waals surface area (Å²) in [5.74, 6) is -0.785. The van der Waals surface area contributed by atoms with E-state index >= 15 is 0 Å². The SMILES string of the molecule is CN(Cc1csc(NC(=O)NCc2cccc(F)c2)n1)C(=O)C(C)(C)O. The fourth-order valence-corrected chi connectivity index (χ4v) is 2.89. The first-order valence-corrected chi connectivity index (χ1v) is 8.75. The molecule has 1 heterocycles. The number of nitrogens with zero attached hydrogens (tertiary/aromatic N) is 2. The number of amides is 3. The number of urea groups is 1. The van der Waals surface area contributed by atoms with Crippen LogP contribution < -0.4 is 10.6 Å². The van der Waals surface area contributed by atoms with E-state index in [0.717, 1.165) is 0 Å². The standard InChI is InChI=1S/C17H21FN4O3S/c1-17(2,25)14(23)22(3)9-13-10-26-16(20-13)21-15(24)19-8-11-5-4-6-12(18)7-11/h4-7,10,25H,8-9H2,1-3H3,(H2,19,20,21,24). The highest BCUT2D eigenvalue weighted by Gasteiger charge is 2.27. The highest BCUT2D eigenvalue weighted by Crippen LogP contribution is 2.17. The van der Waals surface area contributed by atoms with Gasteiger partial charge in [0.25, 0.3) is 5.91 Å². The minimum Gasteiger partial charge on any atom is -0.381 e. The lowest BCUT2D eigenvalue weighted by Gasteiger charge is -2.24. The first-order chi connectivity index (χ1) is 12.1. The van der Waals surface area contributed by atoms with Crippen LogP contribution >= 0.6 is 11.3 Å². The third kappa shape index (κ3) is 5.78. The molecule has 3 amide bonds. The number of hydrogen-bond donors (Lipinski definition) is 3. The number of aliphatic hydroxyl groups is 1. The molecule has 0 unspecified atom stereocenters. The summed E-state index contributed by atoms with van der Waals surface area (Å²) >= 11 is 1.22. The molecule has 140 valence electrons. The summed E-state index contributed by atoms with van der Waals surface area (Å²) in [7, 11) is 1.57. The number of rotatable bonds is 6. The Balaban J connectivity index is 1.85. The van der Waals surface area contributed by atoms with Gasteiger partial charge in [-0.05, 0) is 31.5 Å². The largest absolute Gasteiger partial charge is 0.381 e. The number of anilines is 1. The van der Waals surface area contributed by atoms with Crippen molar-refractivity contribution < 1.29 is 19.1 Å². The second kappa shape index (κ2) is 8.24. The minimum absolute atomic E-state index is 0.185. The molecule has 0 saturated heterocycles. The van der Waals surface area contributed by atoms with Crippen LogP contribution in [0, 0.1) is 5.82 Å². The van der Waals surface area contributed by atoms with Gasteiger partial charge in [0.15, 0.2) is 5.13 Å². The van der Waals surface area contributed by atoms with Crippen molar-refractivity contribution in [2.24, 2.45) is 0 Å². The van der Waals surface area contributed by atoms with Crippen LogP contribution in [0.4, 0.5) is 14.3 Å². The van der Waals surface area contributed by atoms with Gasteiger partial charge in [0.05, 0.1) is 12.2 Å². The molecule has 0 fully saturated rings. The predicted octanol–water partition coefficient (Wildman–Crippen LogP) is 2.33. The van der Waals surface area contributed by atoms with Crippen molar-refractivity contribution in [3.05, 3.63) is 46.7 Å². The maximum Gasteiger partial charge on any atom is 0.321 e. The number of carbonyl (C=O) groups is 2. The molecule has 1 aromatic carbocycles. The van der Waals surface area contributed by atoms with Crippen molar-refractivity contribution in [3.8, 4) is 0 Å². The Kier molecular flexibility index (Phi) is 6.27. The monoisotopic (exact) mass is 380 g/mol. The minimum atomic E-state index is -1.46. The number of hydrogen-bond acceptors (Lipinski definition) is 5. The molecule has 0 saturated carbocycles. The molecule has 0 aliphatic carbocycles. The van der Waals surface area contributed by atoms with Gasteiger partial charge in [0.2, 0.25) is 0 Å². The Bertz CT molecular complexity index is 788. The lowest BCUT2D eigenvalue weighted by Crippen LogP contribution is -2.42. The summed E-state index contributed by atoms with van der Waals surface area (Å²) in [6, 6.07) is 5.50. The first kappa shape index (κ1) is 19.8. The summed E-state index contributed by atoms with van der Waals surface area (Å²) in [5, 5.41) is 17.0. The molecule has 0 spiro atoms. The van der Waals surface area contributed by atoms with E-state index < -0.39 is 17.5 Å². The van der Waals surface area contributed by atoms with Gasteiger partial charge in [-0.2, -0.15) is 0 Å². The van der Waals surface area contributed by atoms with Crippen LogP contribution in [-0.4, -0.2) is 39.6 Å². The zero-order chi connectivity index (χ0) is 19.3. The van der Waals surface area contributed by atoms with Crippen LogP contribution in [0.15, 0.2) is 29.6 Å². The van der Waals surface area contributed by atoms with E-state index in [1.165, 1.54) is 42.2 Å².